The Morgan fingerprint density at radius 2 is 1.86 bits per heavy atom. The zero-order valence-corrected chi connectivity index (χ0v) is 20.3. The van der Waals surface area contributed by atoms with Crippen molar-refractivity contribution in [1.82, 2.24) is 14.9 Å². The van der Waals surface area contributed by atoms with Crippen molar-refractivity contribution in [3.05, 3.63) is 83.4 Å². The second-order valence-electron chi connectivity index (χ2n) is 9.39. The monoisotopic (exact) mass is 503 g/mol. The fraction of sp³-hybridized carbons (Fsp3) is 0.357. The van der Waals surface area contributed by atoms with Gasteiger partial charge in [-0.3, -0.25) is 14.8 Å². The molecule has 1 saturated carbocycles. The second-order valence-corrected chi connectivity index (χ2v) is 9.39. The molecule has 37 heavy (non-hydrogen) atoms. The van der Waals surface area contributed by atoms with Crippen molar-refractivity contribution in [2.24, 2.45) is 0 Å². The molecule has 1 aliphatic heterocycles. The molecule has 2 atom stereocenters. The molecule has 0 saturated heterocycles. The minimum Gasteiger partial charge on any atom is -0.504 e. The Hall–Kier alpha value is -3.98. The summed E-state index contributed by atoms with van der Waals surface area (Å²) in [5.41, 5.74) is 2.54. The molecule has 1 aromatic heterocycles. The van der Waals surface area contributed by atoms with Gasteiger partial charge in [0.25, 0.3) is 5.91 Å². The third kappa shape index (κ3) is 5.41. The van der Waals surface area contributed by atoms with E-state index < -0.39 is 18.1 Å². The third-order valence-corrected chi connectivity index (χ3v) is 6.96. The molecular weight excluding hydrogens is 474 g/mol. The van der Waals surface area contributed by atoms with Crippen LogP contribution in [0.25, 0.3) is 0 Å². The fourth-order valence-corrected chi connectivity index (χ4v) is 5.06. The summed E-state index contributed by atoms with van der Waals surface area (Å²) >= 11 is 0. The molecule has 0 spiro atoms. The number of phenolic OH excluding ortho intramolecular Hbond substituents is 1. The van der Waals surface area contributed by atoms with Crippen molar-refractivity contribution >= 4 is 11.9 Å². The molecule has 5 rings (SSSR count). The normalized spacial score (nSPS) is 18.3. The maximum atomic E-state index is 13.9. The maximum absolute atomic E-state index is 13.9. The number of rotatable bonds is 8. The highest BCUT2D eigenvalue weighted by atomic mass is 16.5. The highest BCUT2D eigenvalue weighted by Gasteiger charge is 2.40. The van der Waals surface area contributed by atoms with E-state index in [-0.39, 0.29) is 43.1 Å². The largest absolute Gasteiger partial charge is 0.504 e. The van der Waals surface area contributed by atoms with E-state index in [1.54, 1.807) is 24.7 Å². The summed E-state index contributed by atoms with van der Waals surface area (Å²) in [5, 5.41) is 20.7. The molecule has 2 aromatic carbocycles. The van der Waals surface area contributed by atoms with Crippen molar-refractivity contribution < 1.29 is 29.3 Å². The van der Waals surface area contributed by atoms with Crippen LogP contribution in [0.4, 0.5) is 0 Å². The summed E-state index contributed by atoms with van der Waals surface area (Å²) in [6.07, 6.45) is 7.58. The SMILES string of the molecule is O=C(O)[C@@H]1Cc2c(ccc(O)c2OCc2cnccn2)CN1C(=O)[C@@H](OC1CCCC1)c1ccccc1. The number of fused-ring (bicyclic) bond motifs is 1. The van der Waals surface area contributed by atoms with Gasteiger partial charge in [-0.15, -0.1) is 0 Å². The van der Waals surface area contributed by atoms with E-state index in [0.29, 0.717) is 22.4 Å². The Morgan fingerprint density at radius 3 is 2.57 bits per heavy atom. The molecule has 9 heteroatoms. The van der Waals surface area contributed by atoms with Gasteiger partial charge < -0.3 is 24.6 Å². The smallest absolute Gasteiger partial charge is 0.326 e. The minimum absolute atomic E-state index is 0.00839. The number of amides is 1. The molecule has 1 amide bonds. The van der Waals surface area contributed by atoms with Crippen LogP contribution < -0.4 is 4.74 Å². The summed E-state index contributed by atoms with van der Waals surface area (Å²) < 4.78 is 12.2. The van der Waals surface area contributed by atoms with Crippen molar-refractivity contribution in [1.29, 1.82) is 0 Å². The Bertz CT molecular complexity index is 1250. The third-order valence-electron chi connectivity index (χ3n) is 6.96. The molecule has 0 radical (unpaired) electrons. The lowest BCUT2D eigenvalue weighted by Gasteiger charge is -2.37. The van der Waals surface area contributed by atoms with Gasteiger partial charge in [-0.05, 0) is 30.0 Å². The van der Waals surface area contributed by atoms with Crippen LogP contribution >= 0.6 is 0 Å². The molecule has 2 aliphatic rings. The number of hydrogen-bond donors (Lipinski definition) is 2. The number of aromatic nitrogens is 2. The Labute approximate surface area is 214 Å². The Kier molecular flexibility index (Phi) is 7.32. The topological polar surface area (TPSA) is 122 Å². The average molecular weight is 504 g/mol. The number of aliphatic carboxylic acids is 1. The molecule has 1 fully saturated rings. The predicted molar refractivity (Wildman–Crippen MR) is 133 cm³/mol. The number of aromatic hydroxyl groups is 1. The van der Waals surface area contributed by atoms with Crippen LogP contribution in [0, 0.1) is 0 Å². The van der Waals surface area contributed by atoms with Gasteiger partial charge in [-0.2, -0.15) is 0 Å². The maximum Gasteiger partial charge on any atom is 0.326 e. The highest BCUT2D eigenvalue weighted by Crippen LogP contribution is 2.39. The van der Waals surface area contributed by atoms with Crippen LogP contribution in [0.3, 0.4) is 0 Å². The van der Waals surface area contributed by atoms with Crippen LogP contribution in [0.1, 0.15) is 54.2 Å². The Morgan fingerprint density at radius 1 is 1.08 bits per heavy atom. The van der Waals surface area contributed by atoms with Crippen LogP contribution in [0.2, 0.25) is 0 Å². The molecule has 192 valence electrons. The van der Waals surface area contributed by atoms with Gasteiger partial charge in [-0.1, -0.05) is 49.2 Å². The van der Waals surface area contributed by atoms with E-state index >= 15 is 0 Å². The summed E-state index contributed by atoms with van der Waals surface area (Å²) in [4.78, 5) is 35.9. The first-order valence-corrected chi connectivity index (χ1v) is 12.5. The molecule has 9 nitrogen and oxygen atoms in total. The van der Waals surface area contributed by atoms with Gasteiger partial charge in [-0.25, -0.2) is 4.79 Å². The van der Waals surface area contributed by atoms with Gasteiger partial charge in [0, 0.05) is 30.9 Å². The van der Waals surface area contributed by atoms with Gasteiger partial charge >= 0.3 is 5.97 Å². The van der Waals surface area contributed by atoms with Gasteiger partial charge in [0.05, 0.1) is 18.0 Å². The Balaban J connectivity index is 1.44. The number of carbonyl (C=O) groups is 2. The second kappa shape index (κ2) is 11.0. The first-order chi connectivity index (χ1) is 18.0. The molecule has 0 unspecified atom stereocenters. The predicted octanol–water partition coefficient (Wildman–Crippen LogP) is 3.80. The quantitative estimate of drug-likeness (QED) is 0.476. The van der Waals surface area contributed by atoms with Crippen molar-refractivity contribution in [3.63, 3.8) is 0 Å². The average Bonchev–Trinajstić information content (AvgIpc) is 3.44. The molecule has 1 aliphatic carbocycles. The number of carboxylic acid groups (broad SMARTS) is 1. The highest BCUT2D eigenvalue weighted by molar-refractivity contribution is 5.88. The van der Waals surface area contributed by atoms with Gasteiger partial charge in [0.1, 0.15) is 12.6 Å². The summed E-state index contributed by atoms with van der Waals surface area (Å²) in [6.45, 7) is 0.119. The zero-order chi connectivity index (χ0) is 25.8. The van der Waals surface area contributed by atoms with Gasteiger partial charge in [0.2, 0.25) is 0 Å². The number of ether oxygens (including phenoxy) is 2. The van der Waals surface area contributed by atoms with E-state index in [4.69, 9.17) is 9.47 Å². The summed E-state index contributed by atoms with van der Waals surface area (Å²) in [7, 11) is 0. The number of carbonyl (C=O) groups excluding carboxylic acids is 1. The first-order valence-electron chi connectivity index (χ1n) is 12.5. The fourth-order valence-electron chi connectivity index (χ4n) is 5.06. The number of carboxylic acids is 1. The van der Waals surface area contributed by atoms with Crippen LogP contribution in [0.15, 0.2) is 61.1 Å². The molecule has 3 aromatic rings. The molecule has 0 bridgehead atoms. The van der Waals surface area contributed by atoms with Crippen LogP contribution in [-0.2, 0) is 33.9 Å². The summed E-state index contributed by atoms with van der Waals surface area (Å²) in [5.74, 6) is -1.41. The lowest BCUT2D eigenvalue weighted by Crippen LogP contribution is -2.50. The molecule has 2 N–H and O–H groups in total. The number of phenols is 1. The molecule has 2 heterocycles. The van der Waals surface area contributed by atoms with E-state index in [1.807, 2.05) is 30.3 Å². The minimum atomic E-state index is -1.14. The van der Waals surface area contributed by atoms with Crippen molar-refractivity contribution in [3.8, 4) is 11.5 Å². The first kappa shape index (κ1) is 24.7. The van der Waals surface area contributed by atoms with Gasteiger partial charge in [0.15, 0.2) is 17.6 Å². The van der Waals surface area contributed by atoms with Crippen LogP contribution in [-0.4, -0.2) is 49.1 Å². The van der Waals surface area contributed by atoms with E-state index in [9.17, 15) is 19.8 Å². The summed E-state index contributed by atoms with van der Waals surface area (Å²) in [6, 6.07) is 11.3. The van der Waals surface area contributed by atoms with Crippen molar-refractivity contribution in [2.75, 3.05) is 0 Å². The number of benzene rings is 2. The molecular formula is C28H29N3O6. The van der Waals surface area contributed by atoms with E-state index in [2.05, 4.69) is 9.97 Å². The van der Waals surface area contributed by atoms with Crippen LogP contribution in [0.5, 0.6) is 11.5 Å². The lowest BCUT2D eigenvalue weighted by atomic mass is 9.91. The van der Waals surface area contributed by atoms with Crippen molar-refractivity contribution in [2.45, 2.75) is 63.5 Å². The standard InChI is InChI=1S/C28H29N3O6/c32-24-11-10-19-16-31(27(33)25(18-6-2-1-3-7-18)37-21-8-4-5-9-21)23(28(34)35)14-22(19)26(24)36-17-20-15-29-12-13-30-20/h1-3,6-7,10-13,15,21,23,25,32H,4-5,8-9,14,16-17H2,(H,34,35)/t23-,25-/m0/s1. The van der Waals surface area contributed by atoms with E-state index in [0.717, 1.165) is 25.7 Å². The number of nitrogens with zero attached hydrogens (tertiary/aromatic N) is 3. The van der Waals surface area contributed by atoms with E-state index in [1.165, 1.54) is 11.0 Å². The zero-order valence-electron chi connectivity index (χ0n) is 20.3. The number of hydrogen-bond acceptors (Lipinski definition) is 7. The lowest BCUT2D eigenvalue weighted by molar-refractivity contribution is -0.160.